The predicted octanol–water partition coefficient (Wildman–Crippen LogP) is 3.62. The minimum absolute atomic E-state index is 0.262. The molecule has 1 N–H and O–H groups in total. The Labute approximate surface area is 160 Å². The molecule has 1 amide bonds. The maximum absolute atomic E-state index is 12.4. The van der Waals surface area contributed by atoms with Gasteiger partial charge < -0.3 is 10.1 Å². The van der Waals surface area contributed by atoms with E-state index < -0.39 is 0 Å². The van der Waals surface area contributed by atoms with Crippen molar-refractivity contribution < 1.29 is 9.53 Å². The Kier molecular flexibility index (Phi) is 5.41. The number of aryl methyl sites for hydroxylation is 1. The third kappa shape index (κ3) is 3.96. The molecule has 0 bridgehead atoms. The maximum atomic E-state index is 12.4. The van der Waals surface area contributed by atoms with Gasteiger partial charge in [0, 0.05) is 11.9 Å². The number of carbonyl (C=O) groups is 1. The fourth-order valence-corrected chi connectivity index (χ4v) is 2.79. The van der Waals surface area contributed by atoms with Gasteiger partial charge in [0.15, 0.2) is 5.69 Å². The summed E-state index contributed by atoms with van der Waals surface area (Å²) in [5.74, 6) is 0.508. The Morgan fingerprint density at radius 1 is 1.19 bits per heavy atom. The van der Waals surface area contributed by atoms with Crippen molar-refractivity contribution in [2.24, 2.45) is 0 Å². The Balaban J connectivity index is 1.66. The number of aromatic nitrogens is 4. The van der Waals surface area contributed by atoms with Crippen molar-refractivity contribution in [1.82, 2.24) is 19.6 Å². The molecule has 0 saturated heterocycles. The average Bonchev–Trinajstić information content (AvgIpc) is 3.18. The highest BCUT2D eigenvalue weighted by Crippen LogP contribution is 2.20. The molecule has 0 aliphatic heterocycles. The smallest absolute Gasteiger partial charge is 0.276 e. The first-order valence-electron chi connectivity index (χ1n) is 8.25. The molecule has 0 radical (unpaired) electrons. The Morgan fingerprint density at radius 3 is 2.54 bits per heavy atom. The van der Waals surface area contributed by atoms with E-state index in [2.05, 4.69) is 31.4 Å². The number of hydrogen-bond acceptors (Lipinski definition) is 4. The molecule has 0 aliphatic rings. The number of carbonyl (C=O) groups excluding carboxylic acids is 1. The van der Waals surface area contributed by atoms with Crippen LogP contribution in [0, 0.1) is 13.8 Å². The van der Waals surface area contributed by atoms with Crippen LogP contribution in [0.1, 0.15) is 28.8 Å². The van der Waals surface area contributed by atoms with Gasteiger partial charge in [-0.3, -0.25) is 9.48 Å². The van der Waals surface area contributed by atoms with Crippen molar-refractivity contribution >= 4 is 27.5 Å². The van der Waals surface area contributed by atoms with Gasteiger partial charge in [0.05, 0.1) is 22.5 Å². The normalized spacial score (nSPS) is 10.8. The lowest BCUT2D eigenvalue weighted by atomic mass is 10.3. The second kappa shape index (κ2) is 7.74. The second-order valence-electron chi connectivity index (χ2n) is 5.78. The zero-order valence-electron chi connectivity index (χ0n) is 14.9. The molecule has 7 nitrogen and oxygen atoms in total. The molecule has 2 aromatic heterocycles. The minimum atomic E-state index is -0.262. The number of ether oxygens (including phenoxy) is 1. The lowest BCUT2D eigenvalue weighted by molar-refractivity contribution is 0.102. The summed E-state index contributed by atoms with van der Waals surface area (Å²) in [5, 5.41) is 11.6. The number of halogens is 1. The largest absolute Gasteiger partial charge is 0.494 e. The average molecular weight is 418 g/mol. The summed E-state index contributed by atoms with van der Waals surface area (Å²) in [5.41, 5.74) is 2.97. The van der Waals surface area contributed by atoms with Gasteiger partial charge in [-0.15, -0.1) is 0 Å². The van der Waals surface area contributed by atoms with E-state index in [1.54, 1.807) is 29.1 Å². The van der Waals surface area contributed by atoms with Crippen LogP contribution in [0.2, 0.25) is 0 Å². The van der Waals surface area contributed by atoms with Crippen molar-refractivity contribution in [3.63, 3.8) is 0 Å². The van der Waals surface area contributed by atoms with E-state index in [1.807, 2.05) is 37.6 Å². The van der Waals surface area contributed by atoms with Crippen molar-refractivity contribution in [2.45, 2.75) is 27.4 Å². The van der Waals surface area contributed by atoms with E-state index in [0.29, 0.717) is 24.7 Å². The van der Waals surface area contributed by atoms with Crippen LogP contribution < -0.4 is 10.1 Å². The van der Waals surface area contributed by atoms with E-state index in [9.17, 15) is 4.79 Å². The Morgan fingerprint density at radius 2 is 1.92 bits per heavy atom. The number of benzene rings is 1. The van der Waals surface area contributed by atoms with Crippen LogP contribution in [-0.4, -0.2) is 32.1 Å². The first-order chi connectivity index (χ1) is 12.5. The SMILES string of the molecule is CCOc1ccc(NC(=O)c2ccn(Cn3nc(C)c(Br)c3C)n2)cc1. The standard InChI is InChI=1S/C18H20BrN5O2/c1-4-26-15-7-5-14(6-8-15)20-18(25)16-9-10-23(22-16)11-24-13(3)17(19)12(2)21-24/h5-10H,4,11H2,1-3H3,(H,20,25). The molecule has 3 aromatic rings. The van der Waals surface area contributed by atoms with Crippen LogP contribution >= 0.6 is 15.9 Å². The Bertz CT molecular complexity index is 914. The molecule has 26 heavy (non-hydrogen) atoms. The van der Waals surface area contributed by atoms with Gasteiger partial charge in [0.25, 0.3) is 5.91 Å². The van der Waals surface area contributed by atoms with Crippen molar-refractivity contribution in [3.8, 4) is 5.75 Å². The highest BCUT2D eigenvalue weighted by molar-refractivity contribution is 9.10. The molecule has 0 spiro atoms. The number of nitrogens with one attached hydrogen (secondary N) is 1. The number of amides is 1. The first-order valence-corrected chi connectivity index (χ1v) is 9.04. The van der Waals surface area contributed by atoms with Crippen molar-refractivity contribution in [3.05, 3.63) is 58.1 Å². The second-order valence-corrected chi connectivity index (χ2v) is 6.57. The molecular formula is C18H20BrN5O2. The minimum Gasteiger partial charge on any atom is -0.494 e. The molecule has 0 aliphatic carbocycles. The van der Waals surface area contributed by atoms with Gasteiger partial charge in [-0.05, 0) is 67.0 Å². The molecular weight excluding hydrogens is 398 g/mol. The van der Waals surface area contributed by atoms with Gasteiger partial charge in [-0.1, -0.05) is 0 Å². The molecule has 3 rings (SSSR count). The lowest BCUT2D eigenvalue weighted by Gasteiger charge is -2.06. The fraction of sp³-hybridized carbons (Fsp3) is 0.278. The fourth-order valence-electron chi connectivity index (χ4n) is 2.51. The summed E-state index contributed by atoms with van der Waals surface area (Å²) in [6, 6.07) is 8.92. The number of anilines is 1. The van der Waals surface area contributed by atoms with Gasteiger partial charge >= 0.3 is 0 Å². The number of rotatable bonds is 6. The summed E-state index contributed by atoms with van der Waals surface area (Å²) < 4.78 is 9.89. The summed E-state index contributed by atoms with van der Waals surface area (Å²) >= 11 is 3.51. The zero-order chi connectivity index (χ0) is 18.7. The van der Waals surface area contributed by atoms with E-state index in [1.165, 1.54) is 0 Å². The van der Waals surface area contributed by atoms with Gasteiger partial charge in [0.1, 0.15) is 12.4 Å². The van der Waals surface area contributed by atoms with E-state index in [-0.39, 0.29) is 5.91 Å². The summed E-state index contributed by atoms with van der Waals surface area (Å²) in [6.07, 6.45) is 1.76. The Hall–Kier alpha value is -2.61. The number of nitrogens with zero attached hydrogens (tertiary/aromatic N) is 4. The third-order valence-corrected chi connectivity index (χ3v) is 5.02. The molecule has 0 fully saturated rings. The van der Waals surface area contributed by atoms with E-state index in [0.717, 1.165) is 21.6 Å². The van der Waals surface area contributed by atoms with Crippen LogP contribution in [0.5, 0.6) is 5.75 Å². The summed E-state index contributed by atoms with van der Waals surface area (Å²) in [6.45, 7) is 6.89. The molecule has 2 heterocycles. The summed E-state index contributed by atoms with van der Waals surface area (Å²) in [7, 11) is 0. The highest BCUT2D eigenvalue weighted by atomic mass is 79.9. The first kappa shape index (κ1) is 18.2. The molecule has 0 atom stereocenters. The van der Waals surface area contributed by atoms with E-state index >= 15 is 0 Å². The monoisotopic (exact) mass is 417 g/mol. The van der Waals surface area contributed by atoms with Crippen LogP contribution in [0.3, 0.4) is 0 Å². The van der Waals surface area contributed by atoms with Crippen molar-refractivity contribution in [1.29, 1.82) is 0 Å². The zero-order valence-corrected chi connectivity index (χ0v) is 16.4. The molecule has 0 unspecified atom stereocenters. The van der Waals surface area contributed by atoms with Crippen LogP contribution in [0.15, 0.2) is 41.0 Å². The van der Waals surface area contributed by atoms with Crippen LogP contribution in [0.4, 0.5) is 5.69 Å². The quantitative estimate of drug-likeness (QED) is 0.664. The molecule has 0 saturated carbocycles. The molecule has 1 aromatic carbocycles. The lowest BCUT2D eigenvalue weighted by Crippen LogP contribution is -2.15. The highest BCUT2D eigenvalue weighted by Gasteiger charge is 2.12. The molecule has 136 valence electrons. The third-order valence-electron chi connectivity index (χ3n) is 3.87. The maximum Gasteiger partial charge on any atom is 0.276 e. The molecule has 8 heteroatoms. The van der Waals surface area contributed by atoms with Gasteiger partial charge in [-0.25, -0.2) is 4.68 Å². The van der Waals surface area contributed by atoms with Crippen LogP contribution in [-0.2, 0) is 6.67 Å². The number of hydrogen-bond donors (Lipinski definition) is 1. The van der Waals surface area contributed by atoms with E-state index in [4.69, 9.17) is 4.74 Å². The predicted molar refractivity (Wildman–Crippen MR) is 103 cm³/mol. The van der Waals surface area contributed by atoms with Crippen LogP contribution in [0.25, 0.3) is 0 Å². The van der Waals surface area contributed by atoms with Gasteiger partial charge in [-0.2, -0.15) is 10.2 Å². The summed E-state index contributed by atoms with van der Waals surface area (Å²) in [4.78, 5) is 12.4. The van der Waals surface area contributed by atoms with Gasteiger partial charge in [0.2, 0.25) is 0 Å². The van der Waals surface area contributed by atoms with Crippen molar-refractivity contribution in [2.75, 3.05) is 11.9 Å². The topological polar surface area (TPSA) is 74.0 Å².